The summed E-state index contributed by atoms with van der Waals surface area (Å²) in [6.45, 7) is 0.395. The lowest BCUT2D eigenvalue weighted by atomic mass is 10.1. The van der Waals surface area contributed by atoms with Crippen LogP contribution in [0.1, 0.15) is 5.69 Å². The third-order valence-electron chi connectivity index (χ3n) is 3.03. The van der Waals surface area contributed by atoms with Gasteiger partial charge < -0.3 is 9.84 Å². The van der Waals surface area contributed by atoms with E-state index in [4.69, 9.17) is 4.74 Å². The van der Waals surface area contributed by atoms with Crippen LogP contribution in [0.3, 0.4) is 0 Å². The van der Waals surface area contributed by atoms with E-state index in [9.17, 15) is 5.11 Å². The van der Waals surface area contributed by atoms with Crippen LogP contribution in [0.25, 0.3) is 11.1 Å². The van der Waals surface area contributed by atoms with Crippen molar-refractivity contribution in [1.82, 2.24) is 9.97 Å². The van der Waals surface area contributed by atoms with Crippen LogP contribution < -0.4 is 4.74 Å². The van der Waals surface area contributed by atoms with E-state index in [1.54, 1.807) is 24.5 Å². The molecule has 0 unspecified atom stereocenters. The molecule has 0 aliphatic carbocycles. The molecular weight excluding hydrogens is 264 g/mol. The van der Waals surface area contributed by atoms with Gasteiger partial charge in [0.05, 0.1) is 5.69 Å². The topological polar surface area (TPSA) is 55.2 Å². The summed E-state index contributed by atoms with van der Waals surface area (Å²) in [7, 11) is 0. The monoisotopic (exact) mass is 278 g/mol. The van der Waals surface area contributed by atoms with Gasteiger partial charge in [-0.1, -0.05) is 18.2 Å². The second kappa shape index (κ2) is 6.05. The third-order valence-corrected chi connectivity index (χ3v) is 3.03. The summed E-state index contributed by atoms with van der Waals surface area (Å²) in [5.74, 6) is 0.810. The van der Waals surface area contributed by atoms with Gasteiger partial charge in [-0.15, -0.1) is 0 Å². The maximum atomic E-state index is 9.28. The summed E-state index contributed by atoms with van der Waals surface area (Å²) in [6.07, 6.45) is 3.49. The number of phenols is 1. The van der Waals surface area contributed by atoms with Crippen LogP contribution >= 0.6 is 0 Å². The van der Waals surface area contributed by atoms with Crippen LogP contribution in [0.5, 0.6) is 11.6 Å². The number of hydrogen-bond donors (Lipinski definition) is 1. The Morgan fingerprint density at radius 2 is 1.67 bits per heavy atom. The standard InChI is InChI=1S/C17H14N2O2/c20-16-7-4-13(5-8-16)14-6-9-17(19-11-14)21-12-15-3-1-2-10-18-15/h1-11,20H,12H2. The van der Waals surface area contributed by atoms with E-state index in [1.165, 1.54) is 0 Å². The molecule has 4 nitrogen and oxygen atoms in total. The number of phenolic OH excluding ortho intramolecular Hbond substituents is 1. The van der Waals surface area contributed by atoms with Crippen molar-refractivity contribution in [2.24, 2.45) is 0 Å². The average molecular weight is 278 g/mol. The zero-order chi connectivity index (χ0) is 14.5. The van der Waals surface area contributed by atoms with Crippen molar-refractivity contribution in [2.45, 2.75) is 6.61 Å². The highest BCUT2D eigenvalue weighted by Crippen LogP contribution is 2.22. The van der Waals surface area contributed by atoms with Gasteiger partial charge in [0, 0.05) is 24.0 Å². The molecule has 2 heterocycles. The van der Waals surface area contributed by atoms with Gasteiger partial charge in [0.25, 0.3) is 0 Å². The second-order valence-electron chi connectivity index (χ2n) is 4.54. The van der Waals surface area contributed by atoms with Crippen LogP contribution in [0, 0.1) is 0 Å². The van der Waals surface area contributed by atoms with E-state index in [1.807, 2.05) is 42.5 Å². The Hall–Kier alpha value is -2.88. The molecule has 0 radical (unpaired) electrons. The van der Waals surface area contributed by atoms with E-state index in [2.05, 4.69) is 9.97 Å². The molecule has 3 aromatic rings. The molecule has 0 saturated carbocycles. The molecule has 0 fully saturated rings. The first-order chi connectivity index (χ1) is 10.3. The predicted molar refractivity (Wildman–Crippen MR) is 79.9 cm³/mol. The average Bonchev–Trinajstić information content (AvgIpc) is 2.55. The lowest BCUT2D eigenvalue weighted by molar-refractivity contribution is 0.289. The molecule has 0 saturated heterocycles. The minimum Gasteiger partial charge on any atom is -0.508 e. The highest BCUT2D eigenvalue weighted by molar-refractivity contribution is 5.63. The number of nitrogens with zero attached hydrogens (tertiary/aromatic N) is 2. The number of benzene rings is 1. The molecule has 104 valence electrons. The normalized spacial score (nSPS) is 10.3. The molecular formula is C17H14N2O2. The molecule has 0 amide bonds. The second-order valence-corrected chi connectivity index (χ2v) is 4.54. The molecule has 1 N–H and O–H groups in total. The molecule has 0 bridgehead atoms. The van der Waals surface area contributed by atoms with Crippen LogP contribution in [-0.4, -0.2) is 15.1 Å². The Bertz CT molecular complexity index is 695. The summed E-state index contributed by atoms with van der Waals surface area (Å²) in [5, 5.41) is 9.28. The number of rotatable bonds is 4. The molecule has 3 rings (SSSR count). The molecule has 1 aromatic carbocycles. The van der Waals surface area contributed by atoms with Crippen molar-refractivity contribution in [3.8, 4) is 22.8 Å². The zero-order valence-corrected chi connectivity index (χ0v) is 11.3. The minimum absolute atomic E-state index is 0.252. The molecule has 0 aliphatic heterocycles. The first-order valence-electron chi connectivity index (χ1n) is 6.59. The Morgan fingerprint density at radius 1 is 0.857 bits per heavy atom. The van der Waals surface area contributed by atoms with E-state index < -0.39 is 0 Å². The van der Waals surface area contributed by atoms with E-state index in [0.29, 0.717) is 12.5 Å². The number of ether oxygens (including phenoxy) is 1. The van der Waals surface area contributed by atoms with E-state index >= 15 is 0 Å². The van der Waals surface area contributed by atoms with Gasteiger partial charge in [-0.05, 0) is 35.9 Å². The fourth-order valence-corrected chi connectivity index (χ4v) is 1.92. The van der Waals surface area contributed by atoms with Crippen molar-refractivity contribution in [3.63, 3.8) is 0 Å². The van der Waals surface area contributed by atoms with Gasteiger partial charge in [-0.3, -0.25) is 4.98 Å². The first-order valence-corrected chi connectivity index (χ1v) is 6.59. The fraction of sp³-hybridized carbons (Fsp3) is 0.0588. The number of aromatic hydroxyl groups is 1. The lowest BCUT2D eigenvalue weighted by Crippen LogP contribution is -1.98. The van der Waals surface area contributed by atoms with Crippen molar-refractivity contribution >= 4 is 0 Å². The third kappa shape index (κ3) is 3.36. The lowest BCUT2D eigenvalue weighted by Gasteiger charge is -2.06. The number of pyridine rings is 2. The Labute approximate surface area is 122 Å². The maximum Gasteiger partial charge on any atom is 0.213 e. The van der Waals surface area contributed by atoms with Gasteiger partial charge in [-0.2, -0.15) is 0 Å². The molecule has 2 aromatic heterocycles. The molecule has 0 aliphatic rings. The summed E-state index contributed by atoms with van der Waals surface area (Å²) >= 11 is 0. The molecule has 4 heteroatoms. The summed E-state index contributed by atoms with van der Waals surface area (Å²) in [4.78, 5) is 8.47. The van der Waals surface area contributed by atoms with Crippen LogP contribution in [-0.2, 0) is 6.61 Å². The highest BCUT2D eigenvalue weighted by Gasteiger charge is 2.01. The molecule has 21 heavy (non-hydrogen) atoms. The minimum atomic E-state index is 0.252. The Balaban J connectivity index is 1.68. The maximum absolute atomic E-state index is 9.28. The number of hydrogen-bond acceptors (Lipinski definition) is 4. The molecule has 0 atom stereocenters. The summed E-state index contributed by atoms with van der Waals surface area (Å²) in [6, 6.07) is 16.5. The van der Waals surface area contributed by atoms with Gasteiger partial charge in [-0.25, -0.2) is 4.98 Å². The molecule has 0 spiro atoms. The van der Waals surface area contributed by atoms with Gasteiger partial charge in [0.1, 0.15) is 12.4 Å². The van der Waals surface area contributed by atoms with Crippen molar-refractivity contribution in [2.75, 3.05) is 0 Å². The quantitative estimate of drug-likeness (QED) is 0.794. The van der Waals surface area contributed by atoms with Crippen molar-refractivity contribution in [3.05, 3.63) is 72.7 Å². The van der Waals surface area contributed by atoms with Crippen LogP contribution in [0.2, 0.25) is 0 Å². The largest absolute Gasteiger partial charge is 0.508 e. The van der Waals surface area contributed by atoms with Crippen molar-refractivity contribution in [1.29, 1.82) is 0 Å². The van der Waals surface area contributed by atoms with Crippen molar-refractivity contribution < 1.29 is 9.84 Å². The summed E-state index contributed by atoms with van der Waals surface area (Å²) < 4.78 is 5.59. The van der Waals surface area contributed by atoms with Crippen LogP contribution in [0.4, 0.5) is 0 Å². The predicted octanol–water partition coefficient (Wildman–Crippen LogP) is 3.43. The van der Waals surface area contributed by atoms with Crippen LogP contribution in [0.15, 0.2) is 67.0 Å². The van der Waals surface area contributed by atoms with Gasteiger partial charge in [0.15, 0.2) is 0 Å². The Kier molecular flexibility index (Phi) is 3.78. The van der Waals surface area contributed by atoms with E-state index in [-0.39, 0.29) is 5.75 Å². The Morgan fingerprint density at radius 3 is 2.33 bits per heavy atom. The van der Waals surface area contributed by atoms with Gasteiger partial charge in [0.2, 0.25) is 5.88 Å². The van der Waals surface area contributed by atoms with E-state index in [0.717, 1.165) is 16.8 Å². The van der Waals surface area contributed by atoms with Gasteiger partial charge >= 0.3 is 0 Å². The highest BCUT2D eigenvalue weighted by atomic mass is 16.5. The summed E-state index contributed by atoms with van der Waals surface area (Å²) in [5.41, 5.74) is 2.83. The number of aromatic nitrogens is 2. The smallest absolute Gasteiger partial charge is 0.213 e. The SMILES string of the molecule is Oc1ccc(-c2ccc(OCc3ccccn3)nc2)cc1. The first kappa shape index (κ1) is 13.1. The fourth-order valence-electron chi connectivity index (χ4n) is 1.92. The zero-order valence-electron chi connectivity index (χ0n) is 11.3.